The molecule has 3 rings (SSSR count). The molecule has 0 unspecified atom stereocenters. The minimum atomic E-state index is -0.156. The van der Waals surface area contributed by atoms with Crippen molar-refractivity contribution in [2.24, 2.45) is 0 Å². The Bertz CT molecular complexity index is 622. The number of rotatable bonds is 2. The standard InChI is InChI=1S/C16H15ClO2/c1-10-4-2-3-5-13(10)15-14(17)7-6-11-8-12(9-18)19-16(11)15/h2-7,12,18H,8-9H2,1H3/t12-/m0/s1. The molecule has 0 aromatic heterocycles. The van der Waals surface area contributed by atoms with E-state index in [0.29, 0.717) is 5.02 Å². The minimum Gasteiger partial charge on any atom is -0.487 e. The third kappa shape index (κ3) is 2.11. The SMILES string of the molecule is Cc1ccccc1-c1c(Cl)ccc2c1O[C@H](CO)C2. The molecule has 1 atom stereocenters. The summed E-state index contributed by atoms with van der Waals surface area (Å²) in [5, 5.41) is 9.95. The number of hydrogen-bond donors (Lipinski definition) is 1. The highest BCUT2D eigenvalue weighted by atomic mass is 35.5. The van der Waals surface area contributed by atoms with Gasteiger partial charge in [-0.3, -0.25) is 0 Å². The van der Waals surface area contributed by atoms with Crippen LogP contribution in [0.25, 0.3) is 11.1 Å². The lowest BCUT2D eigenvalue weighted by atomic mass is 9.97. The van der Waals surface area contributed by atoms with Crippen molar-refractivity contribution in [3.8, 4) is 16.9 Å². The van der Waals surface area contributed by atoms with Crippen LogP contribution in [0.4, 0.5) is 0 Å². The Morgan fingerprint density at radius 2 is 2.05 bits per heavy atom. The smallest absolute Gasteiger partial charge is 0.132 e. The van der Waals surface area contributed by atoms with Crippen LogP contribution in [-0.2, 0) is 6.42 Å². The van der Waals surface area contributed by atoms with Crippen LogP contribution in [0.5, 0.6) is 5.75 Å². The molecule has 0 saturated heterocycles. The minimum absolute atomic E-state index is 0.0273. The summed E-state index contributed by atoms with van der Waals surface area (Å²) in [6, 6.07) is 12.0. The molecule has 1 N–H and O–H groups in total. The van der Waals surface area contributed by atoms with Crippen molar-refractivity contribution in [3.05, 3.63) is 52.5 Å². The van der Waals surface area contributed by atoms with Crippen LogP contribution in [0.15, 0.2) is 36.4 Å². The summed E-state index contributed by atoms with van der Waals surface area (Å²) in [6.45, 7) is 2.09. The molecular formula is C16H15ClO2. The van der Waals surface area contributed by atoms with E-state index in [0.717, 1.165) is 34.4 Å². The van der Waals surface area contributed by atoms with Gasteiger partial charge < -0.3 is 9.84 Å². The molecule has 19 heavy (non-hydrogen) atoms. The maximum atomic E-state index is 9.27. The van der Waals surface area contributed by atoms with E-state index in [1.165, 1.54) is 0 Å². The molecule has 2 nitrogen and oxygen atoms in total. The predicted molar refractivity (Wildman–Crippen MR) is 76.8 cm³/mol. The van der Waals surface area contributed by atoms with E-state index in [9.17, 15) is 5.11 Å². The lowest BCUT2D eigenvalue weighted by Crippen LogP contribution is -2.17. The van der Waals surface area contributed by atoms with Crippen LogP contribution < -0.4 is 4.74 Å². The van der Waals surface area contributed by atoms with E-state index in [1.807, 2.05) is 30.3 Å². The number of fused-ring (bicyclic) bond motifs is 1. The van der Waals surface area contributed by atoms with E-state index in [4.69, 9.17) is 16.3 Å². The molecule has 0 fully saturated rings. The van der Waals surface area contributed by atoms with Gasteiger partial charge in [-0.05, 0) is 29.7 Å². The molecule has 0 aliphatic carbocycles. The second-order valence-corrected chi connectivity index (χ2v) is 5.26. The predicted octanol–water partition coefficient (Wildman–Crippen LogP) is 3.61. The maximum absolute atomic E-state index is 9.27. The molecule has 0 radical (unpaired) electrons. The van der Waals surface area contributed by atoms with Crippen molar-refractivity contribution in [3.63, 3.8) is 0 Å². The van der Waals surface area contributed by atoms with E-state index in [2.05, 4.69) is 13.0 Å². The Morgan fingerprint density at radius 1 is 1.26 bits per heavy atom. The molecule has 0 bridgehead atoms. The zero-order valence-electron chi connectivity index (χ0n) is 10.7. The second kappa shape index (κ2) is 4.87. The van der Waals surface area contributed by atoms with Crippen molar-refractivity contribution in [1.82, 2.24) is 0 Å². The third-order valence-corrected chi connectivity index (χ3v) is 3.85. The van der Waals surface area contributed by atoms with Gasteiger partial charge in [0.05, 0.1) is 11.6 Å². The van der Waals surface area contributed by atoms with Crippen molar-refractivity contribution >= 4 is 11.6 Å². The van der Waals surface area contributed by atoms with Crippen LogP contribution in [0.3, 0.4) is 0 Å². The first-order valence-corrected chi connectivity index (χ1v) is 6.73. The number of halogens is 1. The second-order valence-electron chi connectivity index (χ2n) is 4.85. The Balaban J connectivity index is 2.18. The van der Waals surface area contributed by atoms with Gasteiger partial charge in [0.15, 0.2) is 0 Å². The van der Waals surface area contributed by atoms with Crippen molar-refractivity contribution in [2.45, 2.75) is 19.4 Å². The fraction of sp³-hybridized carbons (Fsp3) is 0.250. The largest absolute Gasteiger partial charge is 0.487 e. The first-order valence-electron chi connectivity index (χ1n) is 6.35. The van der Waals surface area contributed by atoms with E-state index < -0.39 is 0 Å². The summed E-state index contributed by atoms with van der Waals surface area (Å²) in [4.78, 5) is 0. The van der Waals surface area contributed by atoms with Gasteiger partial charge in [-0.1, -0.05) is 41.9 Å². The van der Waals surface area contributed by atoms with E-state index >= 15 is 0 Å². The monoisotopic (exact) mass is 274 g/mol. The van der Waals surface area contributed by atoms with Gasteiger partial charge in [-0.15, -0.1) is 0 Å². The van der Waals surface area contributed by atoms with Gasteiger partial charge in [0.25, 0.3) is 0 Å². The number of ether oxygens (including phenoxy) is 1. The summed E-state index contributed by atoms with van der Waals surface area (Å²) in [5.41, 5.74) is 4.30. The topological polar surface area (TPSA) is 29.5 Å². The van der Waals surface area contributed by atoms with Crippen LogP contribution in [-0.4, -0.2) is 17.8 Å². The first-order chi connectivity index (χ1) is 9.20. The molecular weight excluding hydrogens is 260 g/mol. The normalized spacial score (nSPS) is 17.1. The molecule has 1 aliphatic heterocycles. The first kappa shape index (κ1) is 12.5. The molecule has 0 amide bonds. The van der Waals surface area contributed by atoms with Gasteiger partial charge in [0.2, 0.25) is 0 Å². The molecule has 0 saturated carbocycles. The van der Waals surface area contributed by atoms with Crippen LogP contribution in [0.1, 0.15) is 11.1 Å². The number of aliphatic hydroxyl groups excluding tert-OH is 1. The van der Waals surface area contributed by atoms with Crippen molar-refractivity contribution < 1.29 is 9.84 Å². The van der Waals surface area contributed by atoms with Gasteiger partial charge in [0, 0.05) is 12.0 Å². The Morgan fingerprint density at radius 3 is 2.79 bits per heavy atom. The molecule has 2 aromatic rings. The lowest BCUT2D eigenvalue weighted by Gasteiger charge is -2.14. The Labute approximate surface area is 117 Å². The van der Waals surface area contributed by atoms with Gasteiger partial charge in [0.1, 0.15) is 11.9 Å². The highest BCUT2D eigenvalue weighted by molar-refractivity contribution is 6.33. The zero-order valence-corrected chi connectivity index (χ0v) is 11.4. The highest BCUT2D eigenvalue weighted by Gasteiger charge is 2.27. The van der Waals surface area contributed by atoms with Gasteiger partial charge in [-0.25, -0.2) is 0 Å². The molecule has 2 aromatic carbocycles. The Kier molecular flexibility index (Phi) is 3.21. The molecule has 98 valence electrons. The number of hydrogen-bond acceptors (Lipinski definition) is 2. The van der Waals surface area contributed by atoms with Crippen LogP contribution >= 0.6 is 11.6 Å². The van der Waals surface area contributed by atoms with Gasteiger partial charge >= 0.3 is 0 Å². The lowest BCUT2D eigenvalue weighted by molar-refractivity contribution is 0.135. The third-order valence-electron chi connectivity index (χ3n) is 3.54. The summed E-state index contributed by atoms with van der Waals surface area (Å²) < 4.78 is 5.84. The summed E-state index contributed by atoms with van der Waals surface area (Å²) in [6.07, 6.45) is 0.582. The zero-order chi connectivity index (χ0) is 13.4. The molecule has 3 heteroatoms. The summed E-state index contributed by atoms with van der Waals surface area (Å²) >= 11 is 6.36. The number of aliphatic hydroxyl groups is 1. The van der Waals surface area contributed by atoms with E-state index in [1.54, 1.807) is 0 Å². The Hall–Kier alpha value is -1.51. The average molecular weight is 275 g/mol. The van der Waals surface area contributed by atoms with Crippen LogP contribution in [0, 0.1) is 6.92 Å². The highest BCUT2D eigenvalue weighted by Crippen LogP contribution is 2.44. The number of benzene rings is 2. The van der Waals surface area contributed by atoms with E-state index in [-0.39, 0.29) is 12.7 Å². The fourth-order valence-electron chi connectivity index (χ4n) is 2.56. The molecule has 1 heterocycles. The summed E-state index contributed by atoms with van der Waals surface area (Å²) in [7, 11) is 0. The quantitative estimate of drug-likeness (QED) is 0.906. The maximum Gasteiger partial charge on any atom is 0.132 e. The van der Waals surface area contributed by atoms with Crippen molar-refractivity contribution in [1.29, 1.82) is 0 Å². The van der Waals surface area contributed by atoms with Gasteiger partial charge in [-0.2, -0.15) is 0 Å². The number of aryl methyl sites for hydroxylation is 1. The molecule has 0 spiro atoms. The summed E-state index contributed by atoms with van der Waals surface area (Å²) in [5.74, 6) is 0.820. The van der Waals surface area contributed by atoms with Crippen LogP contribution in [0.2, 0.25) is 5.02 Å². The molecule has 1 aliphatic rings. The average Bonchev–Trinajstić information content (AvgIpc) is 2.83. The van der Waals surface area contributed by atoms with Crippen molar-refractivity contribution in [2.75, 3.05) is 6.61 Å². The fourth-order valence-corrected chi connectivity index (χ4v) is 2.81.